The number of benzene rings is 2. The molecule has 0 unspecified atom stereocenters. The van der Waals surface area contributed by atoms with E-state index in [0.717, 1.165) is 15.5 Å². The number of nitrogens with zero attached hydrogens (tertiary/aromatic N) is 2. The van der Waals surface area contributed by atoms with Gasteiger partial charge in [-0.1, -0.05) is 11.6 Å². The van der Waals surface area contributed by atoms with Crippen LogP contribution in [-0.4, -0.2) is 68.6 Å². The monoisotopic (exact) mass is 587 g/mol. The van der Waals surface area contributed by atoms with Crippen LogP contribution in [0.3, 0.4) is 0 Å². The molecular weight excluding hydrogens is 565 g/mol. The molecule has 9 nitrogen and oxygen atoms in total. The summed E-state index contributed by atoms with van der Waals surface area (Å²) in [7, 11) is 4.77. The number of hydrogen-bond donors (Lipinski definition) is 1. The van der Waals surface area contributed by atoms with Crippen molar-refractivity contribution in [1.29, 1.82) is 0 Å². The van der Waals surface area contributed by atoms with Gasteiger partial charge in [0, 0.05) is 35.8 Å². The number of halogens is 3. The lowest BCUT2D eigenvalue weighted by Crippen LogP contribution is -2.35. The van der Waals surface area contributed by atoms with Gasteiger partial charge in [0.2, 0.25) is 0 Å². The van der Waals surface area contributed by atoms with Gasteiger partial charge >= 0.3 is 0 Å². The number of rotatable bonds is 7. The maximum Gasteiger partial charge on any atom is 0.186 e. The van der Waals surface area contributed by atoms with Gasteiger partial charge in [0.1, 0.15) is 30.5 Å². The zero-order chi connectivity index (χ0) is 23.8. The second-order valence-corrected chi connectivity index (χ2v) is 9.12. The van der Waals surface area contributed by atoms with E-state index in [4.69, 9.17) is 40.0 Å². The molecule has 0 aliphatic carbocycles. The summed E-state index contributed by atoms with van der Waals surface area (Å²) in [6.45, 7) is 0.355. The second kappa shape index (κ2) is 11.0. The van der Waals surface area contributed by atoms with E-state index in [1.807, 2.05) is 30.3 Å². The zero-order valence-electron chi connectivity index (χ0n) is 19.1. The lowest BCUT2D eigenvalue weighted by atomic mass is 10.1. The normalized spacial score (nSPS) is 25.2. The Morgan fingerprint density at radius 3 is 2.60 bits per heavy atom. The van der Waals surface area contributed by atoms with Crippen molar-refractivity contribution in [3.63, 3.8) is 0 Å². The van der Waals surface area contributed by atoms with E-state index >= 15 is 0 Å². The van der Waals surface area contributed by atoms with Crippen LogP contribution >= 0.6 is 39.9 Å². The average Bonchev–Trinajstić information content (AvgIpc) is 3.40. The molecule has 12 heteroatoms. The van der Waals surface area contributed by atoms with E-state index in [9.17, 15) is 0 Å². The molecule has 2 fully saturated rings. The lowest BCUT2D eigenvalue weighted by Gasteiger charge is -2.21. The summed E-state index contributed by atoms with van der Waals surface area (Å²) < 4.78 is 35.6. The van der Waals surface area contributed by atoms with Crippen molar-refractivity contribution >= 4 is 62.3 Å². The van der Waals surface area contributed by atoms with Gasteiger partial charge in [-0.15, -0.1) is 12.4 Å². The first-order valence-electron chi connectivity index (χ1n) is 10.6. The topological polar surface area (TPSA) is 93.2 Å². The first-order valence-corrected chi connectivity index (χ1v) is 11.7. The molecule has 2 aliphatic heterocycles. The van der Waals surface area contributed by atoms with Crippen molar-refractivity contribution in [2.24, 2.45) is 0 Å². The van der Waals surface area contributed by atoms with Crippen molar-refractivity contribution in [3.05, 3.63) is 46.2 Å². The van der Waals surface area contributed by atoms with E-state index < -0.39 is 6.29 Å². The Bertz CT molecular complexity index is 1210. The second-order valence-electron chi connectivity index (χ2n) is 7.86. The predicted molar refractivity (Wildman–Crippen MR) is 136 cm³/mol. The molecule has 5 atom stereocenters. The van der Waals surface area contributed by atoms with Crippen molar-refractivity contribution in [1.82, 2.24) is 9.97 Å². The Labute approximate surface area is 221 Å². The Balaban J connectivity index is 0.00000289. The van der Waals surface area contributed by atoms with E-state index in [1.54, 1.807) is 21.3 Å². The fraction of sp³-hybridized carbons (Fsp3) is 0.391. The third-order valence-corrected chi connectivity index (χ3v) is 7.14. The third kappa shape index (κ3) is 5.01. The van der Waals surface area contributed by atoms with E-state index in [-0.39, 0.29) is 36.8 Å². The minimum Gasteiger partial charge on any atom is -0.493 e. The fourth-order valence-electron chi connectivity index (χ4n) is 4.27. The fourth-order valence-corrected chi connectivity index (χ4v) is 4.69. The molecule has 1 N–H and O–H groups in total. The number of methoxy groups -OCH3 is 3. The summed E-state index contributed by atoms with van der Waals surface area (Å²) in [5.74, 6) is 1.67. The molecule has 1 aromatic heterocycles. The lowest BCUT2D eigenvalue weighted by molar-refractivity contribution is -0.171. The highest BCUT2D eigenvalue weighted by molar-refractivity contribution is 9.10. The number of fused-ring (bicyclic) bond motifs is 2. The molecule has 188 valence electrons. The van der Waals surface area contributed by atoms with Gasteiger partial charge in [-0.2, -0.15) is 0 Å². The van der Waals surface area contributed by atoms with Crippen LogP contribution in [-0.2, 0) is 18.9 Å². The summed E-state index contributed by atoms with van der Waals surface area (Å²) in [6, 6.07) is 9.24. The number of anilines is 2. The van der Waals surface area contributed by atoms with Crippen molar-refractivity contribution in [2.75, 3.05) is 33.3 Å². The van der Waals surface area contributed by atoms with Crippen LogP contribution in [0.25, 0.3) is 10.9 Å². The molecule has 2 aliphatic rings. The molecule has 0 saturated carbocycles. The van der Waals surface area contributed by atoms with E-state index in [1.165, 1.54) is 6.33 Å². The molecule has 35 heavy (non-hydrogen) atoms. The maximum absolute atomic E-state index is 6.30. The number of hydrogen-bond acceptors (Lipinski definition) is 9. The highest BCUT2D eigenvalue weighted by Crippen LogP contribution is 2.39. The minimum absolute atomic E-state index is 0. The maximum atomic E-state index is 6.30. The van der Waals surface area contributed by atoms with Crippen LogP contribution < -0.4 is 14.8 Å². The number of aromatic nitrogens is 2. The highest BCUT2D eigenvalue weighted by atomic mass is 79.9. The largest absolute Gasteiger partial charge is 0.493 e. The number of nitrogens with one attached hydrogen (secondary N) is 1. The van der Waals surface area contributed by atoms with E-state index in [0.29, 0.717) is 34.5 Å². The van der Waals surface area contributed by atoms with Crippen LogP contribution in [0.1, 0.15) is 0 Å². The van der Waals surface area contributed by atoms with Gasteiger partial charge < -0.3 is 33.7 Å². The minimum atomic E-state index is -0.515. The van der Waals surface area contributed by atoms with Gasteiger partial charge in [-0.25, -0.2) is 9.97 Å². The SMILES string of the molecule is COc1cc2c(Nc3ccc(Br)c(Cl)c3)ncnc2cc1O[C@@H]1CO[C@H]2[C@H](OC)[C@H](OC)O[C@H]21.Cl. The molecule has 0 radical (unpaired) electrons. The zero-order valence-corrected chi connectivity index (χ0v) is 22.2. The van der Waals surface area contributed by atoms with Crippen molar-refractivity contribution < 1.29 is 28.4 Å². The standard InChI is InChI=1S/C23H23BrClN3O6.ClH/c1-29-16-7-12-15(26-10-27-22(12)28-11-4-5-13(24)14(25)6-11)8-17(16)33-18-9-32-20-19(18)34-23(31-3)21(20)30-2;/h4-8,10,18-21,23H,9H2,1-3H3,(H,26,27,28);1H/t18-,19+,20-,21+,23-;/m1./s1. The predicted octanol–water partition coefficient (Wildman–Crippen LogP) is 4.75. The van der Waals surface area contributed by atoms with Crippen LogP contribution in [0, 0.1) is 0 Å². The van der Waals surface area contributed by atoms with Gasteiger partial charge in [-0.3, -0.25) is 0 Å². The molecule has 0 spiro atoms. The van der Waals surface area contributed by atoms with Crippen LogP contribution in [0.2, 0.25) is 5.02 Å². The molecule has 3 aromatic rings. The van der Waals surface area contributed by atoms with Crippen LogP contribution in [0.15, 0.2) is 41.1 Å². The quantitative estimate of drug-likeness (QED) is 0.419. The molecule has 2 saturated heterocycles. The first kappa shape index (κ1) is 26.2. The Morgan fingerprint density at radius 1 is 1.06 bits per heavy atom. The van der Waals surface area contributed by atoms with Crippen LogP contribution in [0.4, 0.5) is 11.5 Å². The highest BCUT2D eigenvalue weighted by Gasteiger charge is 2.54. The third-order valence-electron chi connectivity index (χ3n) is 5.91. The number of ether oxygens (including phenoxy) is 6. The summed E-state index contributed by atoms with van der Waals surface area (Å²) in [4.78, 5) is 8.82. The van der Waals surface area contributed by atoms with Crippen molar-refractivity contribution in [2.45, 2.75) is 30.7 Å². The van der Waals surface area contributed by atoms with Gasteiger partial charge in [0.25, 0.3) is 0 Å². The molecule has 2 aromatic carbocycles. The molecular formula is C23H24BrCl2N3O6. The average molecular weight is 589 g/mol. The molecule has 3 heterocycles. The van der Waals surface area contributed by atoms with Gasteiger partial charge in [0.05, 0.1) is 24.3 Å². The van der Waals surface area contributed by atoms with Crippen molar-refractivity contribution in [3.8, 4) is 11.5 Å². The van der Waals surface area contributed by atoms with E-state index in [2.05, 4.69) is 31.2 Å². The smallest absolute Gasteiger partial charge is 0.186 e. The summed E-state index contributed by atoms with van der Waals surface area (Å²) in [5, 5.41) is 4.65. The molecule has 5 rings (SSSR count). The molecule has 0 bridgehead atoms. The summed E-state index contributed by atoms with van der Waals surface area (Å²) in [6.07, 6.45) is -0.322. The van der Waals surface area contributed by atoms with Gasteiger partial charge in [0.15, 0.2) is 23.9 Å². The summed E-state index contributed by atoms with van der Waals surface area (Å²) in [5.41, 5.74) is 1.48. The summed E-state index contributed by atoms with van der Waals surface area (Å²) >= 11 is 9.63. The molecule has 0 amide bonds. The first-order chi connectivity index (χ1) is 16.5. The Morgan fingerprint density at radius 2 is 1.89 bits per heavy atom. The van der Waals surface area contributed by atoms with Gasteiger partial charge in [-0.05, 0) is 40.2 Å². The Kier molecular flexibility index (Phi) is 8.22. The Hall–Kier alpha value is -1.92. The van der Waals surface area contributed by atoms with Crippen LogP contribution in [0.5, 0.6) is 11.5 Å².